The van der Waals surface area contributed by atoms with Crippen LogP contribution in [0.1, 0.15) is 24.8 Å². The minimum Gasteiger partial charge on any atom is -0.319 e. The van der Waals surface area contributed by atoms with Gasteiger partial charge in [-0.25, -0.2) is 4.39 Å². The lowest BCUT2D eigenvalue weighted by Gasteiger charge is -2.11. The Kier molecular flexibility index (Phi) is 5.18. The number of aromatic nitrogens is 1. The summed E-state index contributed by atoms with van der Waals surface area (Å²) >= 11 is 1.27. The van der Waals surface area contributed by atoms with Gasteiger partial charge in [-0.05, 0) is 6.07 Å². The number of hydrogen-bond donors (Lipinski definition) is 0. The molecule has 1 saturated heterocycles. The number of amides is 3. The minimum atomic E-state index is -0.419. The molecule has 0 atom stereocenters. The Morgan fingerprint density at radius 1 is 1.20 bits per heavy atom. The van der Waals surface area contributed by atoms with E-state index >= 15 is 0 Å². The third kappa shape index (κ3) is 4.08. The molecule has 0 unspecified atom stereocenters. The fourth-order valence-corrected chi connectivity index (χ4v) is 3.30. The molecule has 6 nitrogen and oxygen atoms in total. The first-order valence-electron chi connectivity index (χ1n) is 7.82. The van der Waals surface area contributed by atoms with Crippen LogP contribution in [0.5, 0.6) is 0 Å². The van der Waals surface area contributed by atoms with E-state index in [0.29, 0.717) is 10.4 Å². The molecule has 3 amide bonds. The van der Waals surface area contributed by atoms with Gasteiger partial charge in [0.15, 0.2) is 4.80 Å². The standard InChI is InChI=1S/C17H16FN3O3S/c18-13-4-2-1-3-12(13)11-20-9-10-25-17(20)19-14(22)7-8-21-15(23)5-6-16(21)24/h1-4,9-10H,5-8,11H2. The fourth-order valence-electron chi connectivity index (χ4n) is 2.56. The SMILES string of the molecule is O=C(CCN1C(=O)CCC1=O)N=c1sccn1Cc1ccccc1F. The normalized spacial score (nSPS) is 15.2. The highest BCUT2D eigenvalue weighted by Gasteiger charge is 2.28. The fraction of sp³-hybridized carbons (Fsp3) is 0.294. The number of carbonyl (C=O) groups excluding carboxylic acids is 3. The molecule has 0 aliphatic carbocycles. The van der Waals surface area contributed by atoms with Gasteiger partial charge in [-0.2, -0.15) is 4.99 Å². The average Bonchev–Trinajstić information content (AvgIpc) is 3.15. The molecule has 2 aromatic rings. The number of imide groups is 1. The smallest absolute Gasteiger partial charge is 0.250 e. The van der Waals surface area contributed by atoms with Crippen LogP contribution < -0.4 is 4.80 Å². The van der Waals surface area contributed by atoms with Crippen LogP contribution in [0.2, 0.25) is 0 Å². The summed E-state index contributed by atoms with van der Waals surface area (Å²) < 4.78 is 15.5. The van der Waals surface area contributed by atoms with Crippen molar-refractivity contribution in [2.24, 2.45) is 4.99 Å². The van der Waals surface area contributed by atoms with Crippen LogP contribution in [0.4, 0.5) is 4.39 Å². The lowest BCUT2D eigenvalue weighted by atomic mass is 10.2. The zero-order valence-electron chi connectivity index (χ0n) is 13.4. The topological polar surface area (TPSA) is 71.7 Å². The van der Waals surface area contributed by atoms with E-state index in [1.807, 2.05) is 0 Å². The van der Waals surface area contributed by atoms with Crippen molar-refractivity contribution >= 4 is 29.1 Å². The van der Waals surface area contributed by atoms with Gasteiger partial charge in [0.2, 0.25) is 17.7 Å². The molecule has 0 saturated carbocycles. The van der Waals surface area contributed by atoms with E-state index in [1.54, 1.807) is 34.3 Å². The Morgan fingerprint density at radius 3 is 2.64 bits per heavy atom. The molecular weight excluding hydrogens is 345 g/mol. The van der Waals surface area contributed by atoms with Crippen LogP contribution in [-0.2, 0) is 20.9 Å². The van der Waals surface area contributed by atoms with Crippen LogP contribution in [0.25, 0.3) is 0 Å². The maximum absolute atomic E-state index is 13.8. The van der Waals surface area contributed by atoms with E-state index in [2.05, 4.69) is 4.99 Å². The number of likely N-dealkylation sites (tertiary alicyclic amines) is 1. The van der Waals surface area contributed by atoms with Crippen molar-refractivity contribution in [2.45, 2.75) is 25.8 Å². The van der Waals surface area contributed by atoms with Crippen LogP contribution in [0, 0.1) is 5.82 Å². The summed E-state index contributed by atoms with van der Waals surface area (Å²) in [5.41, 5.74) is 0.503. The van der Waals surface area contributed by atoms with Crippen molar-refractivity contribution in [3.63, 3.8) is 0 Å². The molecule has 8 heteroatoms. The highest BCUT2D eigenvalue weighted by Crippen LogP contribution is 2.12. The first-order chi connectivity index (χ1) is 12.0. The average molecular weight is 361 g/mol. The van der Waals surface area contributed by atoms with Crippen molar-refractivity contribution in [1.82, 2.24) is 9.47 Å². The zero-order chi connectivity index (χ0) is 17.8. The van der Waals surface area contributed by atoms with Crippen LogP contribution in [0.15, 0.2) is 40.8 Å². The summed E-state index contributed by atoms with van der Waals surface area (Å²) in [4.78, 5) is 40.7. The lowest BCUT2D eigenvalue weighted by molar-refractivity contribution is -0.138. The highest BCUT2D eigenvalue weighted by molar-refractivity contribution is 7.07. The van der Waals surface area contributed by atoms with Crippen LogP contribution in [0.3, 0.4) is 0 Å². The first kappa shape index (κ1) is 17.2. The van der Waals surface area contributed by atoms with Crippen LogP contribution >= 0.6 is 11.3 Å². The molecular formula is C17H16FN3O3S. The van der Waals surface area contributed by atoms with Gasteiger partial charge in [0.05, 0.1) is 6.54 Å². The maximum Gasteiger partial charge on any atom is 0.250 e. The Balaban J connectivity index is 1.69. The molecule has 0 spiro atoms. The molecule has 1 aliphatic rings. The van der Waals surface area contributed by atoms with E-state index in [1.165, 1.54) is 17.4 Å². The molecule has 25 heavy (non-hydrogen) atoms. The number of benzene rings is 1. The summed E-state index contributed by atoms with van der Waals surface area (Å²) in [7, 11) is 0. The number of nitrogens with zero attached hydrogens (tertiary/aromatic N) is 3. The van der Waals surface area contributed by atoms with Gasteiger partial charge in [-0.3, -0.25) is 19.3 Å². The Bertz CT molecular complexity index is 871. The molecule has 2 heterocycles. The maximum atomic E-state index is 13.8. The molecule has 0 radical (unpaired) electrons. The van der Waals surface area contributed by atoms with E-state index in [-0.39, 0.29) is 50.0 Å². The first-order valence-corrected chi connectivity index (χ1v) is 8.70. The highest BCUT2D eigenvalue weighted by atomic mass is 32.1. The molecule has 0 N–H and O–H groups in total. The number of rotatable bonds is 5. The predicted molar refractivity (Wildman–Crippen MR) is 89.0 cm³/mol. The van der Waals surface area contributed by atoms with E-state index in [0.717, 1.165) is 4.90 Å². The number of thiazole rings is 1. The largest absolute Gasteiger partial charge is 0.319 e. The van der Waals surface area contributed by atoms with Gasteiger partial charge in [0, 0.05) is 42.9 Å². The zero-order valence-corrected chi connectivity index (χ0v) is 14.2. The molecule has 3 rings (SSSR count). The molecule has 1 aromatic heterocycles. The van der Waals surface area contributed by atoms with Crippen molar-refractivity contribution in [2.75, 3.05) is 6.54 Å². The quantitative estimate of drug-likeness (QED) is 0.761. The van der Waals surface area contributed by atoms with E-state index < -0.39 is 5.91 Å². The van der Waals surface area contributed by atoms with Gasteiger partial charge < -0.3 is 4.57 Å². The van der Waals surface area contributed by atoms with E-state index in [4.69, 9.17) is 0 Å². The second-order valence-electron chi connectivity index (χ2n) is 5.60. The Labute approximate surface area is 147 Å². The predicted octanol–water partition coefficient (Wildman–Crippen LogP) is 1.70. The minimum absolute atomic E-state index is 0.0188. The van der Waals surface area contributed by atoms with Crippen molar-refractivity contribution in [1.29, 1.82) is 0 Å². The van der Waals surface area contributed by atoms with Gasteiger partial charge >= 0.3 is 0 Å². The number of hydrogen-bond acceptors (Lipinski definition) is 4. The molecule has 130 valence electrons. The van der Waals surface area contributed by atoms with Crippen molar-refractivity contribution in [3.05, 3.63) is 52.0 Å². The summed E-state index contributed by atoms with van der Waals surface area (Å²) in [5, 5.41) is 1.76. The van der Waals surface area contributed by atoms with E-state index in [9.17, 15) is 18.8 Å². The Morgan fingerprint density at radius 2 is 1.92 bits per heavy atom. The monoisotopic (exact) mass is 361 g/mol. The molecule has 0 bridgehead atoms. The second-order valence-corrected chi connectivity index (χ2v) is 6.47. The van der Waals surface area contributed by atoms with Gasteiger partial charge in [0.1, 0.15) is 5.82 Å². The van der Waals surface area contributed by atoms with Gasteiger partial charge in [-0.1, -0.05) is 18.2 Å². The number of halogens is 1. The van der Waals surface area contributed by atoms with Gasteiger partial charge in [-0.15, -0.1) is 11.3 Å². The summed E-state index contributed by atoms with van der Waals surface area (Å²) in [6.45, 7) is 0.323. The molecule has 1 fully saturated rings. The molecule has 1 aliphatic heterocycles. The van der Waals surface area contributed by atoms with Gasteiger partial charge in [0.25, 0.3) is 0 Å². The van der Waals surface area contributed by atoms with Crippen LogP contribution in [-0.4, -0.2) is 33.7 Å². The second kappa shape index (κ2) is 7.52. The Hall–Kier alpha value is -2.61. The third-order valence-electron chi connectivity index (χ3n) is 3.88. The third-order valence-corrected chi connectivity index (χ3v) is 4.68. The number of carbonyl (C=O) groups is 3. The molecule has 1 aromatic carbocycles. The lowest BCUT2D eigenvalue weighted by Crippen LogP contribution is -2.31. The van der Waals surface area contributed by atoms with Crippen molar-refractivity contribution in [3.8, 4) is 0 Å². The van der Waals surface area contributed by atoms with Crippen molar-refractivity contribution < 1.29 is 18.8 Å². The summed E-state index contributed by atoms with van der Waals surface area (Å²) in [6.07, 6.45) is 2.13. The summed E-state index contributed by atoms with van der Waals surface area (Å²) in [6, 6.07) is 6.43. The summed E-state index contributed by atoms with van der Waals surface area (Å²) in [5.74, 6) is -1.23.